The quantitative estimate of drug-likeness (QED) is 0.240. The zero-order chi connectivity index (χ0) is 25.6. The Morgan fingerprint density at radius 1 is 0.944 bits per heavy atom. The van der Waals surface area contributed by atoms with Crippen molar-refractivity contribution in [1.82, 2.24) is 9.97 Å². The molecule has 2 heterocycles. The van der Waals surface area contributed by atoms with Gasteiger partial charge in [-0.15, -0.1) is 0 Å². The Hall–Kier alpha value is -4.59. The number of aliphatic hydroxyl groups is 1. The Morgan fingerprint density at radius 3 is 2.33 bits per heavy atom. The molecule has 1 atom stereocenters. The van der Waals surface area contributed by atoms with E-state index in [2.05, 4.69) is 9.97 Å². The van der Waals surface area contributed by atoms with Crippen molar-refractivity contribution < 1.29 is 24.2 Å². The van der Waals surface area contributed by atoms with Gasteiger partial charge in [-0.05, 0) is 66.9 Å². The molecule has 0 aliphatic carbocycles. The Morgan fingerprint density at radius 2 is 1.64 bits per heavy atom. The van der Waals surface area contributed by atoms with Crippen LogP contribution in [0.5, 0.6) is 11.5 Å². The van der Waals surface area contributed by atoms with E-state index < -0.39 is 17.7 Å². The van der Waals surface area contributed by atoms with Crippen LogP contribution in [0, 0.1) is 13.8 Å². The summed E-state index contributed by atoms with van der Waals surface area (Å²) in [6, 6.07) is 16.7. The van der Waals surface area contributed by atoms with Gasteiger partial charge in [-0.25, -0.2) is 4.98 Å². The number of hydrogen-bond donors (Lipinski definition) is 2. The highest BCUT2D eigenvalue weighted by Crippen LogP contribution is 2.42. The molecule has 1 fully saturated rings. The second-order valence-corrected chi connectivity index (χ2v) is 8.69. The smallest absolute Gasteiger partial charge is 0.302 e. The van der Waals surface area contributed by atoms with E-state index in [1.54, 1.807) is 55.6 Å². The number of aliphatic hydroxyl groups excluding tert-OH is 1. The van der Waals surface area contributed by atoms with Crippen LogP contribution < -0.4 is 14.4 Å². The molecule has 36 heavy (non-hydrogen) atoms. The van der Waals surface area contributed by atoms with Gasteiger partial charge < -0.3 is 19.6 Å². The number of methoxy groups -OCH3 is 2. The van der Waals surface area contributed by atoms with E-state index in [4.69, 9.17) is 9.47 Å². The van der Waals surface area contributed by atoms with Gasteiger partial charge >= 0.3 is 5.91 Å². The number of aromatic nitrogens is 2. The second-order valence-electron chi connectivity index (χ2n) is 8.69. The molecule has 3 aromatic carbocycles. The van der Waals surface area contributed by atoms with Crippen LogP contribution >= 0.6 is 0 Å². The second kappa shape index (κ2) is 8.88. The molecule has 2 N–H and O–H groups in total. The molecule has 0 radical (unpaired) electrons. The molecule has 4 aromatic rings. The van der Waals surface area contributed by atoms with Gasteiger partial charge in [0.2, 0.25) is 5.95 Å². The summed E-state index contributed by atoms with van der Waals surface area (Å²) in [7, 11) is 3.07. The van der Waals surface area contributed by atoms with Crippen LogP contribution in [0.25, 0.3) is 16.8 Å². The van der Waals surface area contributed by atoms with Gasteiger partial charge in [0.1, 0.15) is 17.3 Å². The van der Waals surface area contributed by atoms with Crippen molar-refractivity contribution in [2.24, 2.45) is 0 Å². The van der Waals surface area contributed by atoms with Crippen molar-refractivity contribution in [1.29, 1.82) is 0 Å². The van der Waals surface area contributed by atoms with Crippen LogP contribution in [-0.2, 0) is 9.59 Å². The zero-order valence-electron chi connectivity index (χ0n) is 20.3. The number of Topliss-reactive ketones (excluding diaryl/α,β-unsaturated/α-hetero) is 1. The maximum Gasteiger partial charge on any atom is 0.302 e. The number of imidazole rings is 1. The maximum absolute atomic E-state index is 13.4. The molecular weight excluding hydrogens is 458 g/mol. The SMILES string of the molecule is COc1ccc(C2/C(=C(\O)c3cccc(OC)c3)C(=O)C(=O)N2c2nc3cc(C)c(C)cc3[nH]2)cc1. The van der Waals surface area contributed by atoms with Crippen molar-refractivity contribution in [2.45, 2.75) is 19.9 Å². The summed E-state index contributed by atoms with van der Waals surface area (Å²) < 4.78 is 10.5. The zero-order valence-corrected chi connectivity index (χ0v) is 20.3. The first-order valence-corrected chi connectivity index (χ1v) is 11.4. The van der Waals surface area contributed by atoms with Crippen molar-refractivity contribution in [3.63, 3.8) is 0 Å². The summed E-state index contributed by atoms with van der Waals surface area (Å²) in [6.45, 7) is 3.98. The fourth-order valence-electron chi connectivity index (χ4n) is 4.45. The summed E-state index contributed by atoms with van der Waals surface area (Å²) in [4.78, 5) is 35.9. The number of hydrogen-bond acceptors (Lipinski definition) is 6. The van der Waals surface area contributed by atoms with E-state index in [1.807, 2.05) is 26.0 Å². The number of aryl methyl sites for hydroxylation is 2. The molecule has 0 spiro atoms. The summed E-state index contributed by atoms with van der Waals surface area (Å²) in [5.41, 5.74) is 4.50. The highest BCUT2D eigenvalue weighted by atomic mass is 16.5. The minimum Gasteiger partial charge on any atom is -0.507 e. The van der Waals surface area contributed by atoms with Crippen molar-refractivity contribution in [3.8, 4) is 11.5 Å². The van der Waals surface area contributed by atoms with Crippen LogP contribution in [0.1, 0.15) is 28.3 Å². The van der Waals surface area contributed by atoms with Crippen molar-refractivity contribution in [2.75, 3.05) is 19.1 Å². The molecular formula is C28H25N3O5. The molecule has 0 saturated carbocycles. The highest BCUT2D eigenvalue weighted by molar-refractivity contribution is 6.51. The lowest BCUT2D eigenvalue weighted by atomic mass is 9.95. The van der Waals surface area contributed by atoms with Crippen LogP contribution in [0.4, 0.5) is 5.95 Å². The van der Waals surface area contributed by atoms with Gasteiger partial charge in [-0.3, -0.25) is 14.5 Å². The number of fused-ring (bicyclic) bond motifs is 1. The van der Waals surface area contributed by atoms with E-state index in [0.717, 1.165) is 16.6 Å². The van der Waals surface area contributed by atoms with E-state index in [0.29, 0.717) is 28.1 Å². The third-order valence-electron chi connectivity index (χ3n) is 6.53. The number of aromatic amines is 1. The van der Waals surface area contributed by atoms with Crippen LogP contribution in [0.3, 0.4) is 0 Å². The first kappa shape index (κ1) is 23.2. The Kier molecular flexibility index (Phi) is 5.72. The molecule has 1 aromatic heterocycles. The average molecular weight is 484 g/mol. The first-order chi connectivity index (χ1) is 17.3. The number of amides is 1. The monoisotopic (exact) mass is 483 g/mol. The van der Waals surface area contributed by atoms with E-state index >= 15 is 0 Å². The lowest BCUT2D eigenvalue weighted by Gasteiger charge is -2.23. The molecule has 1 saturated heterocycles. The molecule has 5 rings (SSSR count). The highest BCUT2D eigenvalue weighted by Gasteiger charge is 2.48. The summed E-state index contributed by atoms with van der Waals surface area (Å²) >= 11 is 0. The number of rotatable bonds is 5. The molecule has 8 nitrogen and oxygen atoms in total. The molecule has 0 bridgehead atoms. The van der Waals surface area contributed by atoms with E-state index in [1.165, 1.54) is 12.0 Å². The molecule has 1 aliphatic heterocycles. The number of nitrogens with zero attached hydrogens (tertiary/aromatic N) is 2. The van der Waals surface area contributed by atoms with Gasteiger partial charge in [0.25, 0.3) is 5.78 Å². The molecule has 1 aliphatic rings. The molecule has 8 heteroatoms. The van der Waals surface area contributed by atoms with E-state index in [9.17, 15) is 14.7 Å². The van der Waals surface area contributed by atoms with Gasteiger partial charge in [0.15, 0.2) is 0 Å². The van der Waals surface area contributed by atoms with Crippen molar-refractivity contribution in [3.05, 3.63) is 88.5 Å². The third kappa shape index (κ3) is 3.76. The topological polar surface area (TPSA) is 105 Å². The van der Waals surface area contributed by atoms with Gasteiger partial charge in [-0.2, -0.15) is 0 Å². The van der Waals surface area contributed by atoms with Gasteiger partial charge in [0, 0.05) is 5.56 Å². The minimum absolute atomic E-state index is 0.0359. The first-order valence-electron chi connectivity index (χ1n) is 11.4. The van der Waals surface area contributed by atoms with Crippen LogP contribution in [0.15, 0.2) is 66.2 Å². The summed E-state index contributed by atoms with van der Waals surface area (Å²) in [5.74, 6) is -0.520. The lowest BCUT2D eigenvalue weighted by Crippen LogP contribution is -2.30. The Balaban J connectivity index is 1.72. The fourth-order valence-corrected chi connectivity index (χ4v) is 4.45. The normalized spacial score (nSPS) is 17.1. The van der Waals surface area contributed by atoms with Crippen molar-refractivity contribution >= 4 is 34.4 Å². The summed E-state index contributed by atoms with van der Waals surface area (Å²) in [5, 5.41) is 11.3. The Labute approximate surface area is 207 Å². The number of benzene rings is 3. The third-order valence-corrected chi connectivity index (χ3v) is 6.53. The van der Waals surface area contributed by atoms with Gasteiger partial charge in [0.05, 0.1) is 36.9 Å². The molecule has 182 valence electrons. The summed E-state index contributed by atoms with van der Waals surface area (Å²) in [6.07, 6.45) is 0. The number of ether oxygens (including phenoxy) is 2. The van der Waals surface area contributed by atoms with Gasteiger partial charge in [-0.1, -0.05) is 24.3 Å². The average Bonchev–Trinajstić information content (AvgIpc) is 3.41. The van der Waals surface area contributed by atoms with Crippen LogP contribution in [0.2, 0.25) is 0 Å². The Bertz CT molecular complexity index is 1500. The molecule has 1 amide bonds. The number of H-pyrrole nitrogens is 1. The maximum atomic E-state index is 13.4. The number of carbonyl (C=O) groups is 2. The van der Waals surface area contributed by atoms with Crippen LogP contribution in [-0.4, -0.2) is 41.0 Å². The number of nitrogens with one attached hydrogen (secondary N) is 1. The number of anilines is 1. The largest absolute Gasteiger partial charge is 0.507 e. The predicted molar refractivity (Wildman–Crippen MR) is 136 cm³/mol. The molecule has 1 unspecified atom stereocenters. The van der Waals surface area contributed by atoms with E-state index in [-0.39, 0.29) is 17.3 Å². The lowest BCUT2D eigenvalue weighted by molar-refractivity contribution is -0.132. The standard InChI is InChI=1S/C28H25N3O5/c1-15-12-21-22(13-16(15)2)30-28(29-21)31-24(17-8-10-19(35-3)11-9-17)23(26(33)27(31)34)25(32)18-6-5-7-20(14-18)36-4/h5-14,24,32H,1-4H3,(H,29,30)/b25-23+. The minimum atomic E-state index is -0.912. The predicted octanol–water partition coefficient (Wildman–Crippen LogP) is 4.82. The number of carbonyl (C=O) groups excluding carboxylic acids is 2. The fraction of sp³-hybridized carbons (Fsp3) is 0.179. The number of ketones is 1.